The molecule has 158 valence electrons. The molecule has 1 aromatic heterocycles. The van der Waals surface area contributed by atoms with Crippen molar-refractivity contribution >= 4 is 27.1 Å². The summed E-state index contributed by atoms with van der Waals surface area (Å²) in [7, 11) is -3.09. The Morgan fingerprint density at radius 1 is 1.28 bits per heavy atom. The predicted molar refractivity (Wildman–Crippen MR) is 117 cm³/mol. The number of carbonyl (C=O) groups excluding carboxylic acids is 1. The van der Waals surface area contributed by atoms with E-state index in [0.29, 0.717) is 13.0 Å². The highest BCUT2D eigenvalue weighted by Gasteiger charge is 2.37. The molecule has 29 heavy (non-hydrogen) atoms. The van der Waals surface area contributed by atoms with Gasteiger partial charge in [0.1, 0.15) is 5.75 Å². The van der Waals surface area contributed by atoms with Crippen molar-refractivity contribution in [2.24, 2.45) is 0 Å². The van der Waals surface area contributed by atoms with E-state index in [1.807, 2.05) is 42.6 Å². The Morgan fingerprint density at radius 2 is 2.03 bits per heavy atom. The zero-order chi connectivity index (χ0) is 21.2. The first-order chi connectivity index (χ1) is 13.7. The zero-order valence-corrected chi connectivity index (χ0v) is 19.1. The average Bonchev–Trinajstić information content (AvgIpc) is 3.28. The highest BCUT2D eigenvalue weighted by Crippen LogP contribution is 2.29. The van der Waals surface area contributed by atoms with E-state index in [4.69, 9.17) is 4.74 Å². The molecule has 0 bridgehead atoms. The lowest BCUT2D eigenvalue weighted by Crippen LogP contribution is -2.46. The summed E-state index contributed by atoms with van der Waals surface area (Å²) in [5.41, 5.74) is 2.13. The molecule has 2 aromatic rings. The lowest BCUT2D eigenvalue weighted by Gasteiger charge is -2.31. The smallest absolute Gasteiger partial charge is 0.263 e. The maximum atomic E-state index is 13.3. The second kappa shape index (κ2) is 8.88. The molecule has 2 unspecified atom stereocenters. The van der Waals surface area contributed by atoms with E-state index in [9.17, 15) is 13.2 Å². The van der Waals surface area contributed by atoms with Crippen molar-refractivity contribution in [3.8, 4) is 5.75 Å². The van der Waals surface area contributed by atoms with E-state index in [0.717, 1.165) is 21.8 Å². The molecule has 1 saturated heterocycles. The molecule has 7 heteroatoms. The number of amides is 1. The van der Waals surface area contributed by atoms with Crippen molar-refractivity contribution in [2.75, 3.05) is 11.5 Å². The van der Waals surface area contributed by atoms with Crippen LogP contribution in [-0.2, 0) is 21.2 Å². The molecule has 1 fully saturated rings. The zero-order valence-electron chi connectivity index (χ0n) is 17.4. The minimum Gasteiger partial charge on any atom is -0.481 e. The number of carbonyl (C=O) groups is 1. The number of hydrogen-bond donors (Lipinski definition) is 0. The van der Waals surface area contributed by atoms with Crippen LogP contribution in [0, 0.1) is 6.92 Å². The van der Waals surface area contributed by atoms with Gasteiger partial charge in [0, 0.05) is 10.9 Å². The molecule has 5 nitrogen and oxygen atoms in total. The van der Waals surface area contributed by atoms with Gasteiger partial charge in [-0.15, -0.1) is 11.3 Å². The predicted octanol–water partition coefficient (Wildman–Crippen LogP) is 4.16. The summed E-state index contributed by atoms with van der Waals surface area (Å²) >= 11 is 1.57. The Labute approximate surface area is 177 Å². The average molecular weight is 436 g/mol. The van der Waals surface area contributed by atoms with E-state index in [2.05, 4.69) is 13.8 Å². The topological polar surface area (TPSA) is 63.7 Å². The molecule has 0 saturated carbocycles. The van der Waals surface area contributed by atoms with Gasteiger partial charge in [0.25, 0.3) is 5.91 Å². The largest absolute Gasteiger partial charge is 0.481 e. The molecule has 0 N–H and O–H groups in total. The molecule has 0 aliphatic carbocycles. The van der Waals surface area contributed by atoms with E-state index < -0.39 is 15.9 Å². The second-order valence-electron chi connectivity index (χ2n) is 8.06. The molecule has 1 aliphatic rings. The Morgan fingerprint density at radius 3 is 2.62 bits per heavy atom. The molecule has 2 atom stereocenters. The Hall–Kier alpha value is -1.86. The number of hydrogen-bond acceptors (Lipinski definition) is 5. The molecular weight excluding hydrogens is 406 g/mol. The van der Waals surface area contributed by atoms with Crippen molar-refractivity contribution in [2.45, 2.75) is 58.7 Å². The van der Waals surface area contributed by atoms with Crippen LogP contribution in [0.2, 0.25) is 0 Å². The first-order valence-electron chi connectivity index (χ1n) is 9.97. The number of nitrogens with zero attached hydrogens (tertiary/aromatic N) is 1. The molecular formula is C22H29NO4S2. The maximum Gasteiger partial charge on any atom is 0.263 e. The SMILES string of the molecule is Cc1ccc(C(C)C)c(OC(C)C(=O)N(Cc2cccs2)C2CCS(=O)(=O)C2)c1. The van der Waals surface area contributed by atoms with Gasteiger partial charge >= 0.3 is 0 Å². The van der Waals surface area contributed by atoms with Crippen LogP contribution >= 0.6 is 11.3 Å². The van der Waals surface area contributed by atoms with Crippen molar-refractivity contribution in [1.29, 1.82) is 0 Å². The van der Waals surface area contributed by atoms with Crippen LogP contribution in [0.3, 0.4) is 0 Å². The Kier molecular flexibility index (Phi) is 6.69. The molecule has 3 rings (SSSR count). The van der Waals surface area contributed by atoms with E-state index in [1.165, 1.54) is 0 Å². The van der Waals surface area contributed by atoms with Crippen LogP contribution in [0.1, 0.15) is 49.1 Å². The lowest BCUT2D eigenvalue weighted by molar-refractivity contribution is -0.140. The summed E-state index contributed by atoms with van der Waals surface area (Å²) in [4.78, 5) is 16.1. The number of benzene rings is 1. The van der Waals surface area contributed by atoms with Crippen LogP contribution in [0.4, 0.5) is 0 Å². The fourth-order valence-corrected chi connectivity index (χ4v) is 6.11. The quantitative estimate of drug-likeness (QED) is 0.655. The summed E-state index contributed by atoms with van der Waals surface area (Å²) in [6.07, 6.45) is -0.217. The molecule has 0 spiro atoms. The first kappa shape index (κ1) is 21.8. The molecule has 0 radical (unpaired) electrons. The van der Waals surface area contributed by atoms with Gasteiger partial charge in [-0.05, 0) is 54.8 Å². The van der Waals surface area contributed by atoms with Gasteiger partial charge in [0.15, 0.2) is 15.9 Å². The van der Waals surface area contributed by atoms with Gasteiger partial charge in [-0.1, -0.05) is 32.0 Å². The summed E-state index contributed by atoms with van der Waals surface area (Å²) in [6.45, 7) is 8.35. The Bertz CT molecular complexity index is 951. The third-order valence-electron chi connectivity index (χ3n) is 5.28. The summed E-state index contributed by atoms with van der Waals surface area (Å²) < 4.78 is 30.2. The van der Waals surface area contributed by atoms with Gasteiger partial charge in [-0.25, -0.2) is 8.42 Å². The summed E-state index contributed by atoms with van der Waals surface area (Å²) in [6, 6.07) is 9.65. The monoisotopic (exact) mass is 435 g/mol. The molecule has 2 heterocycles. The number of sulfone groups is 1. The maximum absolute atomic E-state index is 13.3. The van der Waals surface area contributed by atoms with Crippen LogP contribution in [0.5, 0.6) is 5.75 Å². The first-order valence-corrected chi connectivity index (χ1v) is 12.7. The minimum atomic E-state index is -3.09. The van der Waals surface area contributed by atoms with Crippen molar-refractivity contribution in [3.63, 3.8) is 0 Å². The van der Waals surface area contributed by atoms with Gasteiger partial charge in [-0.2, -0.15) is 0 Å². The van der Waals surface area contributed by atoms with Crippen molar-refractivity contribution < 1.29 is 17.9 Å². The van der Waals surface area contributed by atoms with Gasteiger partial charge in [-0.3, -0.25) is 4.79 Å². The van der Waals surface area contributed by atoms with Gasteiger partial charge in [0.2, 0.25) is 0 Å². The highest BCUT2D eigenvalue weighted by molar-refractivity contribution is 7.91. The normalized spacial score (nSPS) is 19.3. The number of aryl methyl sites for hydroxylation is 1. The van der Waals surface area contributed by atoms with Gasteiger partial charge in [0.05, 0.1) is 18.1 Å². The summed E-state index contributed by atoms with van der Waals surface area (Å²) in [5, 5.41) is 1.96. The van der Waals surface area contributed by atoms with E-state index in [1.54, 1.807) is 23.2 Å². The van der Waals surface area contributed by atoms with Gasteiger partial charge < -0.3 is 9.64 Å². The van der Waals surface area contributed by atoms with E-state index in [-0.39, 0.29) is 29.4 Å². The second-order valence-corrected chi connectivity index (χ2v) is 11.3. The van der Waals surface area contributed by atoms with Crippen LogP contribution in [0.25, 0.3) is 0 Å². The third-order valence-corrected chi connectivity index (χ3v) is 7.89. The van der Waals surface area contributed by atoms with Crippen molar-refractivity contribution in [1.82, 2.24) is 4.90 Å². The van der Waals surface area contributed by atoms with Crippen LogP contribution in [0.15, 0.2) is 35.7 Å². The number of rotatable bonds is 7. The fraction of sp³-hybridized carbons (Fsp3) is 0.500. The minimum absolute atomic E-state index is 0.0263. The highest BCUT2D eigenvalue weighted by atomic mass is 32.2. The lowest BCUT2D eigenvalue weighted by atomic mass is 10.0. The molecule has 1 amide bonds. The summed E-state index contributed by atoms with van der Waals surface area (Å²) in [5.74, 6) is 0.984. The van der Waals surface area contributed by atoms with Crippen molar-refractivity contribution in [3.05, 3.63) is 51.7 Å². The number of ether oxygens (including phenoxy) is 1. The number of thiophene rings is 1. The third kappa shape index (κ3) is 5.39. The molecule has 1 aromatic carbocycles. The molecule has 1 aliphatic heterocycles. The Balaban J connectivity index is 1.82. The van der Waals surface area contributed by atoms with E-state index >= 15 is 0 Å². The fourth-order valence-electron chi connectivity index (χ4n) is 3.67. The van der Waals surface area contributed by atoms with Crippen LogP contribution < -0.4 is 4.74 Å². The van der Waals surface area contributed by atoms with Crippen LogP contribution in [-0.4, -0.2) is 42.9 Å². The standard InChI is InChI=1S/C22H29NO4S2/c1-15(2)20-8-7-16(3)12-21(20)27-17(4)22(24)23(13-19-6-5-10-28-19)18-9-11-29(25,26)14-18/h5-8,10,12,15,17-18H,9,11,13-14H2,1-4H3.